The van der Waals surface area contributed by atoms with Crippen molar-refractivity contribution in [3.63, 3.8) is 0 Å². The Balaban J connectivity index is 2.46. The summed E-state index contributed by atoms with van der Waals surface area (Å²) in [6.45, 7) is 7.64. The average Bonchev–Trinajstić information content (AvgIpc) is 2.42. The van der Waals surface area contributed by atoms with Gasteiger partial charge in [0.1, 0.15) is 0 Å². The number of hydrogen-bond acceptors (Lipinski definition) is 4. The van der Waals surface area contributed by atoms with Crippen molar-refractivity contribution < 1.29 is 5.11 Å². The third kappa shape index (κ3) is 5.38. The van der Waals surface area contributed by atoms with Crippen LogP contribution in [-0.4, -0.2) is 29.0 Å². The van der Waals surface area contributed by atoms with Crippen LogP contribution in [0.3, 0.4) is 0 Å². The van der Waals surface area contributed by atoms with Crippen LogP contribution in [0.5, 0.6) is 0 Å². The van der Waals surface area contributed by atoms with Gasteiger partial charge in [0.25, 0.3) is 0 Å². The van der Waals surface area contributed by atoms with Crippen molar-refractivity contribution in [2.75, 3.05) is 18.9 Å². The number of nitrogens with zero attached hydrogens (tertiary/aromatic N) is 1. The van der Waals surface area contributed by atoms with Gasteiger partial charge in [-0.3, -0.25) is 0 Å². The topological polar surface area (TPSA) is 45.1 Å². The van der Waals surface area contributed by atoms with Crippen LogP contribution in [0.25, 0.3) is 0 Å². The van der Waals surface area contributed by atoms with Crippen LogP contribution < -0.4 is 5.32 Å². The van der Waals surface area contributed by atoms with E-state index < -0.39 is 0 Å². The van der Waals surface area contributed by atoms with Crippen molar-refractivity contribution in [2.24, 2.45) is 5.92 Å². The first-order chi connectivity index (χ1) is 8.67. The maximum Gasteiger partial charge on any atom is 0.0960 e. The molecule has 1 aromatic heterocycles. The lowest BCUT2D eigenvalue weighted by Gasteiger charge is -2.13. The van der Waals surface area contributed by atoms with E-state index in [2.05, 4.69) is 36.3 Å². The highest BCUT2D eigenvalue weighted by atomic mass is 32.2. The first-order valence-electron chi connectivity index (χ1n) is 6.60. The summed E-state index contributed by atoms with van der Waals surface area (Å²) in [4.78, 5) is 4.46. The summed E-state index contributed by atoms with van der Waals surface area (Å²) in [5, 5.41) is 13.4. The number of aliphatic hydroxyl groups is 1. The number of aromatic nitrogens is 1. The highest BCUT2D eigenvalue weighted by Gasteiger charge is 2.06. The standard InChI is InChI=1S/C14H24N2OS/c1-4-7-15-12(3)13-5-6-14(16-8-13)18-10-11(2)9-17/h5-6,8,11-12,15,17H,4,7,9-10H2,1-3H3. The Bertz CT molecular complexity index is 329. The Morgan fingerprint density at radius 3 is 2.72 bits per heavy atom. The van der Waals surface area contributed by atoms with Gasteiger partial charge in [-0.15, -0.1) is 11.8 Å². The predicted molar refractivity (Wildman–Crippen MR) is 77.9 cm³/mol. The van der Waals surface area contributed by atoms with E-state index in [4.69, 9.17) is 5.11 Å². The van der Waals surface area contributed by atoms with Crippen LogP contribution >= 0.6 is 11.8 Å². The van der Waals surface area contributed by atoms with Gasteiger partial charge >= 0.3 is 0 Å². The van der Waals surface area contributed by atoms with Crippen LogP contribution in [-0.2, 0) is 0 Å². The second-order valence-electron chi connectivity index (χ2n) is 4.70. The second-order valence-corrected chi connectivity index (χ2v) is 5.74. The number of rotatable bonds is 8. The monoisotopic (exact) mass is 268 g/mol. The molecular formula is C14H24N2OS. The summed E-state index contributed by atoms with van der Waals surface area (Å²) in [5.41, 5.74) is 1.23. The minimum Gasteiger partial charge on any atom is -0.396 e. The van der Waals surface area contributed by atoms with E-state index in [0.29, 0.717) is 12.0 Å². The largest absolute Gasteiger partial charge is 0.396 e. The summed E-state index contributed by atoms with van der Waals surface area (Å²) in [7, 11) is 0. The molecule has 0 saturated carbocycles. The first-order valence-corrected chi connectivity index (χ1v) is 7.58. The van der Waals surface area contributed by atoms with E-state index in [1.165, 1.54) is 5.56 Å². The third-order valence-corrected chi connectivity index (χ3v) is 4.06. The maximum atomic E-state index is 8.97. The molecule has 1 heterocycles. The fourth-order valence-corrected chi connectivity index (χ4v) is 2.34. The van der Waals surface area contributed by atoms with Gasteiger partial charge in [0.15, 0.2) is 0 Å². The summed E-state index contributed by atoms with van der Waals surface area (Å²) >= 11 is 1.70. The van der Waals surface area contributed by atoms with Crippen molar-refractivity contribution in [2.45, 2.75) is 38.3 Å². The molecule has 0 radical (unpaired) electrons. The molecule has 2 unspecified atom stereocenters. The van der Waals surface area contributed by atoms with Crippen LogP contribution in [0.2, 0.25) is 0 Å². The van der Waals surface area contributed by atoms with E-state index >= 15 is 0 Å². The molecule has 2 N–H and O–H groups in total. The third-order valence-electron chi connectivity index (χ3n) is 2.79. The number of nitrogens with one attached hydrogen (secondary N) is 1. The van der Waals surface area contributed by atoms with Crippen LogP contribution in [0.15, 0.2) is 23.4 Å². The molecule has 0 aromatic carbocycles. The molecule has 0 aliphatic carbocycles. The molecular weight excluding hydrogens is 244 g/mol. The number of hydrogen-bond donors (Lipinski definition) is 2. The maximum absolute atomic E-state index is 8.97. The molecule has 102 valence electrons. The molecule has 1 rings (SSSR count). The molecule has 1 aromatic rings. The van der Waals surface area contributed by atoms with E-state index in [0.717, 1.165) is 23.7 Å². The Labute approximate surface area is 114 Å². The highest BCUT2D eigenvalue weighted by molar-refractivity contribution is 7.99. The normalized spacial score (nSPS) is 14.4. The molecule has 0 fully saturated rings. The van der Waals surface area contributed by atoms with Crippen LogP contribution in [0.1, 0.15) is 38.8 Å². The first kappa shape index (κ1) is 15.5. The van der Waals surface area contributed by atoms with Crippen molar-refractivity contribution in [1.29, 1.82) is 0 Å². The van der Waals surface area contributed by atoms with Gasteiger partial charge in [-0.25, -0.2) is 4.98 Å². The molecule has 0 aliphatic heterocycles. The van der Waals surface area contributed by atoms with E-state index in [1.807, 2.05) is 13.1 Å². The molecule has 0 aliphatic rings. The fourth-order valence-electron chi connectivity index (χ4n) is 1.49. The van der Waals surface area contributed by atoms with Crippen LogP contribution in [0, 0.1) is 5.92 Å². The molecule has 4 heteroatoms. The summed E-state index contributed by atoms with van der Waals surface area (Å²) < 4.78 is 0. The van der Waals surface area contributed by atoms with Gasteiger partial charge in [-0.05, 0) is 37.4 Å². The van der Waals surface area contributed by atoms with Crippen molar-refractivity contribution in [3.8, 4) is 0 Å². The zero-order valence-corrected chi connectivity index (χ0v) is 12.3. The van der Waals surface area contributed by atoms with Crippen molar-refractivity contribution in [3.05, 3.63) is 23.9 Å². The molecule has 3 nitrogen and oxygen atoms in total. The quantitative estimate of drug-likeness (QED) is 0.712. The minimum atomic E-state index is 0.239. The lowest BCUT2D eigenvalue weighted by molar-refractivity contribution is 0.250. The zero-order valence-electron chi connectivity index (χ0n) is 11.5. The lowest BCUT2D eigenvalue weighted by Crippen LogP contribution is -2.19. The van der Waals surface area contributed by atoms with Gasteiger partial charge in [-0.1, -0.05) is 19.9 Å². The van der Waals surface area contributed by atoms with Gasteiger partial charge in [0.2, 0.25) is 0 Å². The van der Waals surface area contributed by atoms with E-state index in [-0.39, 0.29) is 6.61 Å². The summed E-state index contributed by atoms with van der Waals surface area (Å²) in [5.74, 6) is 1.23. The molecule has 0 amide bonds. The SMILES string of the molecule is CCCNC(C)c1ccc(SCC(C)CO)nc1. The van der Waals surface area contributed by atoms with Gasteiger partial charge in [0, 0.05) is 24.6 Å². The average molecular weight is 268 g/mol. The van der Waals surface area contributed by atoms with Gasteiger partial charge in [-0.2, -0.15) is 0 Å². The fraction of sp³-hybridized carbons (Fsp3) is 0.643. The lowest BCUT2D eigenvalue weighted by atomic mass is 10.1. The molecule has 18 heavy (non-hydrogen) atoms. The summed E-state index contributed by atoms with van der Waals surface area (Å²) in [6.07, 6.45) is 3.09. The zero-order chi connectivity index (χ0) is 13.4. The smallest absolute Gasteiger partial charge is 0.0960 e. The molecule has 0 saturated heterocycles. The van der Waals surface area contributed by atoms with Crippen LogP contribution in [0.4, 0.5) is 0 Å². The highest BCUT2D eigenvalue weighted by Crippen LogP contribution is 2.20. The van der Waals surface area contributed by atoms with Crippen molar-refractivity contribution >= 4 is 11.8 Å². The number of aliphatic hydroxyl groups excluding tert-OH is 1. The summed E-state index contributed by atoms with van der Waals surface area (Å²) in [6, 6.07) is 4.55. The Morgan fingerprint density at radius 2 is 2.17 bits per heavy atom. The number of pyridine rings is 1. The Hall–Kier alpha value is -0.580. The molecule has 0 spiro atoms. The number of thioether (sulfide) groups is 1. The van der Waals surface area contributed by atoms with E-state index in [9.17, 15) is 0 Å². The van der Waals surface area contributed by atoms with Crippen molar-refractivity contribution in [1.82, 2.24) is 10.3 Å². The Kier molecular flexibility index (Phi) is 7.32. The molecule has 2 atom stereocenters. The molecule has 0 bridgehead atoms. The Morgan fingerprint density at radius 1 is 1.39 bits per heavy atom. The van der Waals surface area contributed by atoms with E-state index in [1.54, 1.807) is 11.8 Å². The minimum absolute atomic E-state index is 0.239. The van der Waals surface area contributed by atoms with Gasteiger partial charge < -0.3 is 10.4 Å². The second kappa shape index (κ2) is 8.51. The predicted octanol–water partition coefficient (Wildman–Crippen LogP) is 2.86. The van der Waals surface area contributed by atoms with Gasteiger partial charge in [0.05, 0.1) is 5.03 Å².